The number of carbonyl (C=O) groups excluding carboxylic acids is 1. The normalized spacial score (nSPS) is 15.5. The fourth-order valence-corrected chi connectivity index (χ4v) is 3.00. The predicted octanol–water partition coefficient (Wildman–Crippen LogP) is 2.16. The van der Waals surface area contributed by atoms with Crippen molar-refractivity contribution in [1.82, 2.24) is 24.4 Å². The summed E-state index contributed by atoms with van der Waals surface area (Å²) in [7, 11) is 3.72. The Labute approximate surface area is 124 Å². The van der Waals surface area contributed by atoms with Gasteiger partial charge in [-0.3, -0.25) is 4.40 Å². The maximum absolute atomic E-state index is 12.5. The van der Waals surface area contributed by atoms with Gasteiger partial charge in [0, 0.05) is 26.3 Å². The predicted molar refractivity (Wildman–Crippen MR) is 79.9 cm³/mol. The summed E-state index contributed by atoms with van der Waals surface area (Å²) in [6.45, 7) is 0.459. The molecule has 6 heteroatoms. The summed E-state index contributed by atoms with van der Waals surface area (Å²) < 4.78 is 1.92. The zero-order valence-electron chi connectivity index (χ0n) is 12.6. The fraction of sp³-hybridized carbons (Fsp3) is 0.533. The Balaban J connectivity index is 1.70. The Bertz CT molecular complexity index is 632. The lowest BCUT2D eigenvalue weighted by molar-refractivity contribution is 0.153. The van der Waals surface area contributed by atoms with Gasteiger partial charge in [-0.15, -0.1) is 10.2 Å². The van der Waals surface area contributed by atoms with Gasteiger partial charge in [-0.1, -0.05) is 18.9 Å². The average molecular weight is 287 g/mol. The molecule has 1 aliphatic carbocycles. The summed E-state index contributed by atoms with van der Waals surface area (Å²) in [4.78, 5) is 16.1. The van der Waals surface area contributed by atoms with Gasteiger partial charge in [-0.05, 0) is 25.0 Å². The first-order chi connectivity index (χ1) is 10.2. The van der Waals surface area contributed by atoms with Gasteiger partial charge in [0.1, 0.15) is 0 Å². The van der Waals surface area contributed by atoms with Gasteiger partial charge in [-0.2, -0.15) is 0 Å². The highest BCUT2D eigenvalue weighted by molar-refractivity contribution is 5.74. The van der Waals surface area contributed by atoms with Crippen LogP contribution in [0, 0.1) is 0 Å². The molecule has 0 unspecified atom stereocenters. The van der Waals surface area contributed by atoms with E-state index >= 15 is 0 Å². The van der Waals surface area contributed by atoms with Crippen molar-refractivity contribution in [3.8, 4) is 0 Å². The number of amides is 2. The molecule has 1 fully saturated rings. The third-order valence-corrected chi connectivity index (χ3v) is 4.26. The molecule has 0 atom stereocenters. The summed E-state index contributed by atoms with van der Waals surface area (Å²) in [5.41, 5.74) is 0.803. The Kier molecular flexibility index (Phi) is 3.77. The number of hydrogen-bond acceptors (Lipinski definition) is 3. The second-order valence-corrected chi connectivity index (χ2v) is 5.73. The smallest absolute Gasteiger partial charge is 0.320 e. The van der Waals surface area contributed by atoms with Gasteiger partial charge in [0.05, 0.1) is 6.54 Å². The van der Waals surface area contributed by atoms with Crippen molar-refractivity contribution in [1.29, 1.82) is 0 Å². The van der Waals surface area contributed by atoms with Crippen LogP contribution >= 0.6 is 0 Å². The summed E-state index contributed by atoms with van der Waals surface area (Å²) in [6.07, 6.45) is 6.60. The van der Waals surface area contributed by atoms with Crippen LogP contribution in [0.25, 0.3) is 5.65 Å². The van der Waals surface area contributed by atoms with E-state index in [1.807, 2.05) is 47.8 Å². The van der Waals surface area contributed by atoms with E-state index < -0.39 is 0 Å². The van der Waals surface area contributed by atoms with Gasteiger partial charge < -0.3 is 9.80 Å². The molecule has 21 heavy (non-hydrogen) atoms. The molecule has 0 bridgehead atoms. The van der Waals surface area contributed by atoms with Crippen molar-refractivity contribution in [3.05, 3.63) is 30.2 Å². The molecule has 2 heterocycles. The van der Waals surface area contributed by atoms with Crippen LogP contribution in [0.2, 0.25) is 0 Å². The second kappa shape index (κ2) is 5.71. The van der Waals surface area contributed by atoms with Crippen molar-refractivity contribution in [2.75, 3.05) is 14.1 Å². The van der Waals surface area contributed by atoms with E-state index in [9.17, 15) is 4.79 Å². The van der Waals surface area contributed by atoms with Gasteiger partial charge in [0.15, 0.2) is 11.5 Å². The van der Waals surface area contributed by atoms with Crippen molar-refractivity contribution in [2.24, 2.45) is 0 Å². The lowest BCUT2D eigenvalue weighted by Gasteiger charge is -2.29. The molecule has 0 radical (unpaired) electrons. The first-order valence-electron chi connectivity index (χ1n) is 7.43. The molecule has 0 N–H and O–H groups in total. The van der Waals surface area contributed by atoms with Gasteiger partial charge >= 0.3 is 6.03 Å². The fourth-order valence-electron chi connectivity index (χ4n) is 3.00. The molecular formula is C15H21N5O. The molecule has 112 valence electrons. The van der Waals surface area contributed by atoms with Crippen molar-refractivity contribution < 1.29 is 4.79 Å². The number of nitrogens with zero attached hydrogens (tertiary/aromatic N) is 5. The summed E-state index contributed by atoms with van der Waals surface area (Å²) >= 11 is 0. The number of urea groups is 1. The molecule has 1 saturated carbocycles. The molecule has 3 rings (SSSR count). The standard InChI is InChI=1S/C15H21N5O/c1-18(15(21)19(2)12-7-3-4-8-12)11-14-17-16-13-9-5-6-10-20(13)14/h5-6,9-10,12H,3-4,7-8,11H2,1-2H3. The number of carbonyl (C=O) groups is 1. The van der Waals surface area contributed by atoms with Crippen molar-refractivity contribution in [2.45, 2.75) is 38.3 Å². The molecule has 0 saturated heterocycles. The zero-order chi connectivity index (χ0) is 14.8. The molecule has 0 aromatic carbocycles. The van der Waals surface area contributed by atoms with Gasteiger partial charge in [0.25, 0.3) is 0 Å². The second-order valence-electron chi connectivity index (χ2n) is 5.73. The van der Waals surface area contributed by atoms with Gasteiger partial charge in [0.2, 0.25) is 0 Å². The summed E-state index contributed by atoms with van der Waals surface area (Å²) in [5.74, 6) is 0.779. The third-order valence-electron chi connectivity index (χ3n) is 4.26. The van der Waals surface area contributed by atoms with E-state index in [2.05, 4.69) is 10.2 Å². The number of hydrogen-bond donors (Lipinski definition) is 0. The molecule has 0 spiro atoms. The zero-order valence-corrected chi connectivity index (χ0v) is 12.6. The number of fused-ring (bicyclic) bond motifs is 1. The monoisotopic (exact) mass is 287 g/mol. The average Bonchev–Trinajstić information content (AvgIpc) is 3.16. The highest BCUT2D eigenvalue weighted by Gasteiger charge is 2.26. The third kappa shape index (κ3) is 2.70. The highest BCUT2D eigenvalue weighted by Crippen LogP contribution is 2.23. The van der Waals surface area contributed by atoms with Crippen LogP contribution in [0.3, 0.4) is 0 Å². The van der Waals surface area contributed by atoms with E-state index in [-0.39, 0.29) is 6.03 Å². The molecule has 1 aliphatic rings. The first kappa shape index (κ1) is 13.9. The minimum Gasteiger partial charge on any atom is -0.325 e. The quantitative estimate of drug-likeness (QED) is 0.869. The van der Waals surface area contributed by atoms with Crippen LogP contribution in [0.15, 0.2) is 24.4 Å². The topological polar surface area (TPSA) is 53.7 Å². The Morgan fingerprint density at radius 2 is 2.05 bits per heavy atom. The molecule has 6 nitrogen and oxygen atoms in total. The lowest BCUT2D eigenvalue weighted by Crippen LogP contribution is -2.43. The summed E-state index contributed by atoms with van der Waals surface area (Å²) in [6, 6.07) is 6.20. The number of rotatable bonds is 3. The minimum absolute atomic E-state index is 0.0505. The first-order valence-corrected chi connectivity index (χ1v) is 7.43. The summed E-state index contributed by atoms with van der Waals surface area (Å²) in [5, 5.41) is 8.29. The maximum atomic E-state index is 12.5. The molecular weight excluding hydrogens is 266 g/mol. The Morgan fingerprint density at radius 1 is 1.29 bits per heavy atom. The van der Waals surface area contributed by atoms with E-state index in [1.54, 1.807) is 4.90 Å². The van der Waals surface area contributed by atoms with Crippen LogP contribution in [0.1, 0.15) is 31.5 Å². The van der Waals surface area contributed by atoms with E-state index in [1.165, 1.54) is 12.8 Å². The van der Waals surface area contributed by atoms with Crippen molar-refractivity contribution in [3.63, 3.8) is 0 Å². The molecule has 2 aromatic heterocycles. The van der Waals surface area contributed by atoms with E-state index in [4.69, 9.17) is 0 Å². The largest absolute Gasteiger partial charge is 0.325 e. The molecule has 2 aromatic rings. The molecule has 0 aliphatic heterocycles. The van der Waals surface area contributed by atoms with Crippen molar-refractivity contribution >= 4 is 11.7 Å². The number of aromatic nitrogens is 3. The SMILES string of the molecule is CN(Cc1nnc2ccccn12)C(=O)N(C)C1CCCC1. The maximum Gasteiger partial charge on any atom is 0.320 e. The lowest BCUT2D eigenvalue weighted by atomic mass is 10.2. The highest BCUT2D eigenvalue weighted by atomic mass is 16.2. The van der Waals surface area contributed by atoms with E-state index in [0.29, 0.717) is 12.6 Å². The van der Waals surface area contributed by atoms with Crippen LogP contribution in [0.5, 0.6) is 0 Å². The van der Waals surface area contributed by atoms with Gasteiger partial charge in [-0.25, -0.2) is 4.79 Å². The van der Waals surface area contributed by atoms with Crippen LogP contribution in [-0.2, 0) is 6.54 Å². The Hall–Kier alpha value is -2.11. The van der Waals surface area contributed by atoms with E-state index in [0.717, 1.165) is 24.3 Å². The Morgan fingerprint density at radius 3 is 2.81 bits per heavy atom. The van der Waals surface area contributed by atoms with Crippen LogP contribution in [-0.4, -0.2) is 50.6 Å². The number of pyridine rings is 1. The molecule has 2 amide bonds. The van der Waals surface area contributed by atoms with Crippen LogP contribution in [0.4, 0.5) is 4.79 Å². The van der Waals surface area contributed by atoms with Crippen LogP contribution < -0.4 is 0 Å². The minimum atomic E-state index is 0.0505.